The first-order chi connectivity index (χ1) is 13.9. The fourth-order valence-electron chi connectivity index (χ4n) is 4.43. The number of pyridine rings is 2. The van der Waals surface area contributed by atoms with Gasteiger partial charge in [0.2, 0.25) is 0 Å². The van der Waals surface area contributed by atoms with E-state index >= 15 is 0 Å². The molecular formula is C22H21N3O4. The standard InChI is InChI=1S/C22H21N3O4/c1-3-11-5-6-16(23)13-7-12-9-25-17(19(12)24-18(11)13)8-15-14(20(25)26)10-29-21(27)22(15,28)4-2/h5-8,28H,3-4,9-10,23H2,1-2H3/t22-/m0/s1. The summed E-state index contributed by atoms with van der Waals surface area (Å²) in [5, 5.41) is 11.8. The Bertz CT molecular complexity index is 1280. The predicted octanol–water partition coefficient (Wildman–Crippen LogP) is 2.22. The van der Waals surface area contributed by atoms with Gasteiger partial charge in [-0.3, -0.25) is 4.79 Å². The average Bonchev–Trinajstić information content (AvgIpc) is 3.09. The van der Waals surface area contributed by atoms with Gasteiger partial charge in [0.15, 0.2) is 5.60 Å². The normalized spacial score (nSPS) is 19.6. The summed E-state index contributed by atoms with van der Waals surface area (Å²) in [5.41, 5.74) is 9.48. The largest absolute Gasteiger partial charge is 0.458 e. The topological polar surface area (TPSA) is 107 Å². The molecule has 0 unspecified atom stereocenters. The Morgan fingerprint density at radius 3 is 2.79 bits per heavy atom. The Labute approximate surface area is 166 Å². The van der Waals surface area contributed by atoms with Crippen LogP contribution in [0.4, 0.5) is 5.69 Å². The van der Waals surface area contributed by atoms with Crippen LogP contribution in [0.25, 0.3) is 22.3 Å². The molecule has 1 atom stereocenters. The highest BCUT2D eigenvalue weighted by Crippen LogP contribution is 2.39. The van der Waals surface area contributed by atoms with Gasteiger partial charge in [0.25, 0.3) is 5.56 Å². The maximum Gasteiger partial charge on any atom is 0.343 e. The molecule has 2 aliphatic heterocycles. The molecule has 0 amide bonds. The Kier molecular flexibility index (Phi) is 3.64. The molecule has 3 aromatic rings. The number of ether oxygens (including phenoxy) is 1. The number of rotatable bonds is 2. The molecule has 1 aromatic carbocycles. The number of nitrogens with zero attached hydrogens (tertiary/aromatic N) is 2. The zero-order valence-electron chi connectivity index (χ0n) is 16.3. The van der Waals surface area contributed by atoms with E-state index in [0.29, 0.717) is 34.7 Å². The van der Waals surface area contributed by atoms with Crippen LogP contribution in [0.2, 0.25) is 0 Å². The van der Waals surface area contributed by atoms with Crippen LogP contribution in [0, 0.1) is 0 Å². The first-order valence-corrected chi connectivity index (χ1v) is 9.77. The van der Waals surface area contributed by atoms with Gasteiger partial charge >= 0.3 is 5.97 Å². The molecule has 7 heteroatoms. The molecule has 4 heterocycles. The minimum absolute atomic E-state index is 0.121. The Morgan fingerprint density at radius 1 is 1.28 bits per heavy atom. The highest BCUT2D eigenvalue weighted by molar-refractivity contribution is 5.95. The van der Waals surface area contributed by atoms with Crippen molar-refractivity contribution in [2.45, 2.75) is 45.4 Å². The monoisotopic (exact) mass is 391 g/mol. The van der Waals surface area contributed by atoms with Crippen LogP contribution in [0.3, 0.4) is 0 Å². The summed E-state index contributed by atoms with van der Waals surface area (Å²) in [6, 6.07) is 7.57. The van der Waals surface area contributed by atoms with E-state index in [1.54, 1.807) is 17.6 Å². The van der Waals surface area contributed by atoms with Gasteiger partial charge in [0, 0.05) is 22.2 Å². The van der Waals surface area contributed by atoms with E-state index in [4.69, 9.17) is 15.5 Å². The van der Waals surface area contributed by atoms with E-state index in [0.717, 1.165) is 28.5 Å². The summed E-state index contributed by atoms with van der Waals surface area (Å²) < 4.78 is 6.73. The van der Waals surface area contributed by atoms with Crippen LogP contribution < -0.4 is 11.3 Å². The Hall–Kier alpha value is -3.19. The molecule has 0 spiro atoms. The van der Waals surface area contributed by atoms with E-state index in [1.165, 1.54) is 0 Å². The average molecular weight is 391 g/mol. The number of anilines is 1. The lowest BCUT2D eigenvalue weighted by Gasteiger charge is -2.31. The van der Waals surface area contributed by atoms with Crippen molar-refractivity contribution in [2.75, 3.05) is 5.73 Å². The van der Waals surface area contributed by atoms with Crippen molar-refractivity contribution in [3.05, 3.63) is 56.9 Å². The number of esters is 1. The number of hydrogen-bond donors (Lipinski definition) is 2. The fourth-order valence-corrected chi connectivity index (χ4v) is 4.43. The van der Waals surface area contributed by atoms with Crippen LogP contribution >= 0.6 is 0 Å². The maximum atomic E-state index is 13.2. The lowest BCUT2D eigenvalue weighted by Crippen LogP contribution is -2.44. The molecule has 2 aromatic heterocycles. The summed E-state index contributed by atoms with van der Waals surface area (Å²) in [7, 11) is 0. The van der Waals surface area contributed by atoms with Crippen LogP contribution in [0.15, 0.2) is 29.1 Å². The molecule has 0 bridgehead atoms. The highest BCUT2D eigenvalue weighted by Gasteiger charge is 2.45. The van der Waals surface area contributed by atoms with Crippen LogP contribution in [-0.4, -0.2) is 20.6 Å². The first-order valence-electron chi connectivity index (χ1n) is 9.77. The number of hydrogen-bond acceptors (Lipinski definition) is 6. The van der Waals surface area contributed by atoms with Gasteiger partial charge < -0.3 is 20.1 Å². The summed E-state index contributed by atoms with van der Waals surface area (Å²) in [4.78, 5) is 30.3. The first kappa shape index (κ1) is 17.9. The van der Waals surface area contributed by atoms with Crippen LogP contribution in [0.5, 0.6) is 0 Å². The smallest absolute Gasteiger partial charge is 0.343 e. The number of carbonyl (C=O) groups excluding carboxylic acids is 1. The molecule has 29 heavy (non-hydrogen) atoms. The number of nitrogens with two attached hydrogens (primary N) is 1. The molecule has 0 saturated heterocycles. The second kappa shape index (κ2) is 5.90. The number of aromatic nitrogens is 2. The lowest BCUT2D eigenvalue weighted by molar-refractivity contribution is -0.172. The molecular weight excluding hydrogens is 370 g/mol. The number of aliphatic hydroxyl groups is 1. The molecule has 0 radical (unpaired) electrons. The lowest BCUT2D eigenvalue weighted by atomic mass is 9.86. The van der Waals surface area contributed by atoms with Crippen LogP contribution in [-0.2, 0) is 34.7 Å². The third kappa shape index (κ3) is 2.25. The maximum absolute atomic E-state index is 13.2. The summed E-state index contributed by atoms with van der Waals surface area (Å²) in [6.45, 7) is 3.99. The number of fused-ring (bicyclic) bond motifs is 5. The van der Waals surface area contributed by atoms with E-state index in [9.17, 15) is 14.7 Å². The molecule has 0 fully saturated rings. The van der Waals surface area contributed by atoms with Gasteiger partial charge in [0.05, 0.1) is 29.0 Å². The summed E-state index contributed by atoms with van der Waals surface area (Å²) >= 11 is 0. The van der Waals surface area contributed by atoms with E-state index in [1.807, 2.05) is 18.2 Å². The number of nitrogen functional groups attached to an aromatic ring is 1. The van der Waals surface area contributed by atoms with Gasteiger partial charge in [-0.05, 0) is 36.6 Å². The summed E-state index contributed by atoms with van der Waals surface area (Å²) in [6.07, 6.45) is 0.928. The second-order valence-corrected chi connectivity index (χ2v) is 7.66. The van der Waals surface area contributed by atoms with Crippen molar-refractivity contribution in [3.8, 4) is 11.4 Å². The molecule has 148 valence electrons. The number of carbonyl (C=O) groups is 1. The minimum atomic E-state index is -1.82. The molecule has 2 aliphatic rings. The van der Waals surface area contributed by atoms with Crippen LogP contribution in [0.1, 0.15) is 42.5 Å². The van der Waals surface area contributed by atoms with Crippen molar-refractivity contribution >= 4 is 22.6 Å². The van der Waals surface area contributed by atoms with E-state index in [2.05, 4.69) is 6.92 Å². The van der Waals surface area contributed by atoms with Crippen molar-refractivity contribution in [1.29, 1.82) is 0 Å². The van der Waals surface area contributed by atoms with E-state index in [-0.39, 0.29) is 18.6 Å². The van der Waals surface area contributed by atoms with Crippen molar-refractivity contribution < 1.29 is 14.6 Å². The Balaban J connectivity index is 1.82. The zero-order chi connectivity index (χ0) is 20.5. The zero-order valence-corrected chi connectivity index (χ0v) is 16.3. The fraction of sp³-hybridized carbons (Fsp3) is 0.318. The molecule has 0 saturated carbocycles. The number of aryl methyl sites for hydroxylation is 1. The van der Waals surface area contributed by atoms with Gasteiger partial charge in [-0.1, -0.05) is 19.9 Å². The predicted molar refractivity (Wildman–Crippen MR) is 108 cm³/mol. The third-order valence-electron chi connectivity index (χ3n) is 6.18. The van der Waals surface area contributed by atoms with Crippen molar-refractivity contribution in [1.82, 2.24) is 9.55 Å². The van der Waals surface area contributed by atoms with Gasteiger partial charge in [-0.15, -0.1) is 0 Å². The summed E-state index contributed by atoms with van der Waals surface area (Å²) in [5.74, 6) is -0.720. The molecule has 3 N–H and O–H groups in total. The van der Waals surface area contributed by atoms with Gasteiger partial charge in [-0.25, -0.2) is 9.78 Å². The van der Waals surface area contributed by atoms with Gasteiger partial charge in [0.1, 0.15) is 6.61 Å². The third-order valence-corrected chi connectivity index (χ3v) is 6.18. The number of cyclic esters (lactones) is 1. The minimum Gasteiger partial charge on any atom is -0.458 e. The highest BCUT2D eigenvalue weighted by atomic mass is 16.6. The van der Waals surface area contributed by atoms with Crippen molar-refractivity contribution in [2.24, 2.45) is 0 Å². The SMILES string of the molecule is CCc1ccc(N)c2cc3c(nc12)-c1cc2c(c(=O)n1C3)COC(=O)[C@]2(O)CC. The molecule has 7 nitrogen and oxygen atoms in total. The van der Waals surface area contributed by atoms with Gasteiger partial charge in [-0.2, -0.15) is 0 Å². The second-order valence-electron chi connectivity index (χ2n) is 7.66. The molecule has 0 aliphatic carbocycles. The molecule has 5 rings (SSSR count). The Morgan fingerprint density at radius 2 is 2.07 bits per heavy atom. The van der Waals surface area contributed by atoms with E-state index < -0.39 is 11.6 Å². The van der Waals surface area contributed by atoms with Crippen molar-refractivity contribution in [3.63, 3.8) is 0 Å². The number of benzene rings is 1. The quantitative estimate of drug-likeness (QED) is 0.401.